The van der Waals surface area contributed by atoms with Crippen LogP contribution in [0.1, 0.15) is 12.0 Å². The largest absolute Gasteiger partial charge is 0.380 e. The number of anilines is 1. The molecule has 4 heteroatoms. The van der Waals surface area contributed by atoms with Crippen LogP contribution in [0.2, 0.25) is 0 Å². The van der Waals surface area contributed by atoms with Gasteiger partial charge in [0.1, 0.15) is 4.60 Å². The number of aromatic nitrogens is 1. The van der Waals surface area contributed by atoms with E-state index in [0.717, 1.165) is 23.4 Å². The molecule has 0 aromatic carbocycles. The lowest BCUT2D eigenvalue weighted by molar-refractivity contribution is 0.792. The fourth-order valence-corrected chi connectivity index (χ4v) is 1.87. The Bertz CT molecular complexity index is 321. The summed E-state index contributed by atoms with van der Waals surface area (Å²) in [4.78, 5) is 4.25. The van der Waals surface area contributed by atoms with E-state index in [1.165, 1.54) is 12.0 Å². The Balaban J connectivity index is 2.05. The summed E-state index contributed by atoms with van der Waals surface area (Å²) in [7, 11) is 0. The number of nitrogens with zero attached hydrogens (tertiary/aromatic N) is 1. The SMILES string of the molecule is Cc1cc(NC2CCNC2)cnc1Br. The molecule has 1 aliphatic heterocycles. The first-order chi connectivity index (χ1) is 6.75. The van der Waals surface area contributed by atoms with E-state index in [1.54, 1.807) is 0 Å². The van der Waals surface area contributed by atoms with Gasteiger partial charge in [-0.1, -0.05) is 0 Å². The maximum atomic E-state index is 4.25. The van der Waals surface area contributed by atoms with Crippen molar-refractivity contribution in [2.45, 2.75) is 19.4 Å². The molecule has 14 heavy (non-hydrogen) atoms. The maximum absolute atomic E-state index is 4.25. The first-order valence-electron chi connectivity index (χ1n) is 4.85. The smallest absolute Gasteiger partial charge is 0.109 e. The Morgan fingerprint density at radius 2 is 2.50 bits per heavy atom. The molecule has 0 amide bonds. The highest BCUT2D eigenvalue weighted by Crippen LogP contribution is 2.18. The molecule has 1 aliphatic rings. The fourth-order valence-electron chi connectivity index (χ4n) is 1.65. The third-order valence-corrected chi connectivity index (χ3v) is 3.28. The second-order valence-corrected chi connectivity index (χ2v) is 4.42. The van der Waals surface area contributed by atoms with Crippen LogP contribution in [0, 0.1) is 6.92 Å². The van der Waals surface area contributed by atoms with Gasteiger partial charge in [0.15, 0.2) is 0 Å². The molecule has 1 aromatic rings. The van der Waals surface area contributed by atoms with Crippen molar-refractivity contribution in [1.29, 1.82) is 0 Å². The zero-order chi connectivity index (χ0) is 9.97. The molecule has 1 aromatic heterocycles. The summed E-state index contributed by atoms with van der Waals surface area (Å²) < 4.78 is 0.924. The molecule has 0 aliphatic carbocycles. The van der Waals surface area contributed by atoms with Crippen LogP contribution in [0.5, 0.6) is 0 Å². The van der Waals surface area contributed by atoms with Crippen LogP contribution in [-0.4, -0.2) is 24.1 Å². The van der Waals surface area contributed by atoms with E-state index in [9.17, 15) is 0 Å². The third-order valence-electron chi connectivity index (χ3n) is 2.45. The number of hydrogen-bond donors (Lipinski definition) is 2. The Morgan fingerprint density at radius 1 is 1.64 bits per heavy atom. The predicted octanol–water partition coefficient (Wildman–Crippen LogP) is 1.93. The van der Waals surface area contributed by atoms with Crippen LogP contribution in [0.25, 0.3) is 0 Å². The summed E-state index contributed by atoms with van der Waals surface area (Å²) in [5.74, 6) is 0. The van der Waals surface area contributed by atoms with Crippen LogP contribution in [-0.2, 0) is 0 Å². The highest BCUT2D eigenvalue weighted by atomic mass is 79.9. The Morgan fingerprint density at radius 3 is 3.14 bits per heavy atom. The first kappa shape index (κ1) is 9.93. The van der Waals surface area contributed by atoms with E-state index >= 15 is 0 Å². The minimum absolute atomic E-state index is 0.553. The Kier molecular flexibility index (Phi) is 3.03. The summed E-state index contributed by atoms with van der Waals surface area (Å²) in [6.45, 7) is 4.21. The zero-order valence-electron chi connectivity index (χ0n) is 8.18. The van der Waals surface area contributed by atoms with Gasteiger partial charge in [0.2, 0.25) is 0 Å². The molecule has 1 atom stereocenters. The number of pyridine rings is 1. The molecule has 1 fully saturated rings. The molecule has 0 bridgehead atoms. The van der Waals surface area contributed by atoms with Gasteiger partial charge in [-0.25, -0.2) is 4.98 Å². The van der Waals surface area contributed by atoms with Gasteiger partial charge in [-0.2, -0.15) is 0 Å². The van der Waals surface area contributed by atoms with E-state index in [2.05, 4.69) is 44.5 Å². The number of nitrogens with one attached hydrogen (secondary N) is 2. The lowest BCUT2D eigenvalue weighted by Crippen LogP contribution is -2.22. The summed E-state index contributed by atoms with van der Waals surface area (Å²) >= 11 is 3.39. The third kappa shape index (κ3) is 2.25. The van der Waals surface area contributed by atoms with Gasteiger partial charge in [0.05, 0.1) is 11.9 Å². The van der Waals surface area contributed by atoms with Crippen molar-refractivity contribution in [2.24, 2.45) is 0 Å². The highest BCUT2D eigenvalue weighted by molar-refractivity contribution is 9.10. The van der Waals surface area contributed by atoms with Gasteiger partial charge in [0, 0.05) is 12.6 Å². The van der Waals surface area contributed by atoms with E-state index < -0.39 is 0 Å². The molecule has 0 radical (unpaired) electrons. The average molecular weight is 256 g/mol. The first-order valence-corrected chi connectivity index (χ1v) is 5.64. The van der Waals surface area contributed by atoms with Crippen molar-refractivity contribution in [3.05, 3.63) is 22.4 Å². The van der Waals surface area contributed by atoms with E-state index in [1.807, 2.05) is 6.20 Å². The lowest BCUT2D eigenvalue weighted by Gasteiger charge is -2.13. The molecule has 2 N–H and O–H groups in total. The van der Waals surface area contributed by atoms with Crippen LogP contribution in [0.3, 0.4) is 0 Å². The van der Waals surface area contributed by atoms with Crippen molar-refractivity contribution >= 4 is 21.6 Å². The molecule has 0 spiro atoms. The van der Waals surface area contributed by atoms with Gasteiger partial charge in [-0.05, 0) is 47.4 Å². The van der Waals surface area contributed by atoms with Crippen LogP contribution >= 0.6 is 15.9 Å². The molecule has 3 nitrogen and oxygen atoms in total. The van der Waals surface area contributed by atoms with Gasteiger partial charge in [-0.15, -0.1) is 0 Å². The predicted molar refractivity (Wildman–Crippen MR) is 61.6 cm³/mol. The van der Waals surface area contributed by atoms with Crippen molar-refractivity contribution < 1.29 is 0 Å². The molecule has 0 saturated carbocycles. The quantitative estimate of drug-likeness (QED) is 0.794. The van der Waals surface area contributed by atoms with E-state index in [0.29, 0.717) is 6.04 Å². The van der Waals surface area contributed by atoms with Gasteiger partial charge < -0.3 is 10.6 Å². The summed E-state index contributed by atoms with van der Waals surface area (Å²) in [5, 5.41) is 6.79. The van der Waals surface area contributed by atoms with Crippen LogP contribution in [0.4, 0.5) is 5.69 Å². The summed E-state index contributed by atoms with van der Waals surface area (Å²) in [5.41, 5.74) is 2.28. The molecular formula is C10H14BrN3. The monoisotopic (exact) mass is 255 g/mol. The lowest BCUT2D eigenvalue weighted by atomic mass is 10.2. The van der Waals surface area contributed by atoms with Crippen molar-refractivity contribution in [3.8, 4) is 0 Å². The van der Waals surface area contributed by atoms with Crippen molar-refractivity contribution in [3.63, 3.8) is 0 Å². The second-order valence-electron chi connectivity index (χ2n) is 3.67. The molecule has 2 heterocycles. The topological polar surface area (TPSA) is 37.0 Å². The van der Waals surface area contributed by atoms with Gasteiger partial charge in [0.25, 0.3) is 0 Å². The van der Waals surface area contributed by atoms with E-state index in [4.69, 9.17) is 0 Å². The van der Waals surface area contributed by atoms with Crippen LogP contribution in [0.15, 0.2) is 16.9 Å². The molecule has 2 rings (SSSR count). The molecular weight excluding hydrogens is 242 g/mol. The standard InChI is InChI=1S/C10H14BrN3/c1-7-4-9(6-13-10(7)11)14-8-2-3-12-5-8/h4,6,8,12,14H,2-3,5H2,1H3. The van der Waals surface area contributed by atoms with Crippen LogP contribution < -0.4 is 10.6 Å². The zero-order valence-corrected chi connectivity index (χ0v) is 9.76. The number of halogens is 1. The Labute approximate surface area is 92.4 Å². The molecule has 1 saturated heterocycles. The molecule has 1 unspecified atom stereocenters. The minimum Gasteiger partial charge on any atom is -0.380 e. The minimum atomic E-state index is 0.553. The fraction of sp³-hybridized carbons (Fsp3) is 0.500. The number of rotatable bonds is 2. The second kappa shape index (κ2) is 4.28. The summed E-state index contributed by atoms with van der Waals surface area (Å²) in [6.07, 6.45) is 3.06. The number of hydrogen-bond acceptors (Lipinski definition) is 3. The Hall–Kier alpha value is -0.610. The van der Waals surface area contributed by atoms with Gasteiger partial charge >= 0.3 is 0 Å². The number of aryl methyl sites for hydroxylation is 1. The summed E-state index contributed by atoms with van der Waals surface area (Å²) in [6, 6.07) is 2.67. The highest BCUT2D eigenvalue weighted by Gasteiger charge is 2.13. The molecule has 76 valence electrons. The normalized spacial score (nSPS) is 21.1. The van der Waals surface area contributed by atoms with Crippen molar-refractivity contribution in [2.75, 3.05) is 18.4 Å². The van der Waals surface area contributed by atoms with Crippen molar-refractivity contribution in [1.82, 2.24) is 10.3 Å². The van der Waals surface area contributed by atoms with Gasteiger partial charge in [-0.3, -0.25) is 0 Å². The van der Waals surface area contributed by atoms with E-state index in [-0.39, 0.29) is 0 Å². The average Bonchev–Trinajstić information content (AvgIpc) is 2.64. The maximum Gasteiger partial charge on any atom is 0.109 e.